The normalized spacial score (nSPS) is 13.3. The molecule has 3 heteroatoms. The fourth-order valence-electron chi connectivity index (χ4n) is 10.4. The van der Waals surface area contributed by atoms with Gasteiger partial charge < -0.3 is 14.1 Å². The molecule has 0 saturated heterocycles. The lowest BCUT2D eigenvalue weighted by molar-refractivity contribution is 0.436. The zero-order valence-electron chi connectivity index (χ0n) is 32.5. The number of anilines is 3. The van der Waals surface area contributed by atoms with Crippen LogP contribution in [0.25, 0.3) is 65.7 Å². The number of hydrogen-bond donors (Lipinski definition) is 0. The van der Waals surface area contributed by atoms with E-state index in [0.717, 1.165) is 66.8 Å². The summed E-state index contributed by atoms with van der Waals surface area (Å²) in [6.07, 6.45) is 0. The van der Waals surface area contributed by atoms with Gasteiger partial charge in [-0.3, -0.25) is 0 Å². The van der Waals surface area contributed by atoms with Crippen LogP contribution in [0.1, 0.15) is 22.3 Å². The Balaban J connectivity index is 0.993. The van der Waals surface area contributed by atoms with E-state index in [4.69, 9.17) is 9.15 Å². The van der Waals surface area contributed by atoms with Gasteiger partial charge in [0.25, 0.3) is 0 Å². The maximum atomic E-state index is 6.60. The van der Waals surface area contributed by atoms with Crippen LogP contribution in [0.15, 0.2) is 217 Å². The molecule has 13 rings (SSSR count). The van der Waals surface area contributed by atoms with Gasteiger partial charge in [0.15, 0.2) is 0 Å². The molecule has 0 fully saturated rings. The first kappa shape index (κ1) is 33.1. The SMILES string of the molecule is c1ccc2c(c1)Oc1ccccc1C21c2ccccc2-c2ccc(-c3ccc(N(c4cccc5ccccc45)c4cccc5c4ccc4c6ccccc6oc54)cc3)cc21. The van der Waals surface area contributed by atoms with Crippen LogP contribution in [-0.4, -0.2) is 0 Å². The molecule has 0 atom stereocenters. The molecule has 1 aromatic heterocycles. The fourth-order valence-corrected chi connectivity index (χ4v) is 10.4. The summed E-state index contributed by atoms with van der Waals surface area (Å²) in [7, 11) is 0. The molecule has 0 radical (unpaired) electrons. The maximum absolute atomic E-state index is 6.60. The predicted octanol–water partition coefficient (Wildman–Crippen LogP) is 15.5. The first-order chi connectivity index (χ1) is 29.8. The topological polar surface area (TPSA) is 25.6 Å². The molecule has 0 N–H and O–H groups in total. The van der Waals surface area contributed by atoms with Crippen LogP contribution in [0.5, 0.6) is 11.5 Å². The monoisotopic (exact) mass is 765 g/mol. The molecule has 11 aromatic rings. The summed E-state index contributed by atoms with van der Waals surface area (Å²) >= 11 is 0. The molecule has 60 heavy (non-hydrogen) atoms. The molecule has 2 aliphatic rings. The second kappa shape index (κ2) is 12.6. The van der Waals surface area contributed by atoms with Crippen LogP contribution in [0.2, 0.25) is 0 Å². The predicted molar refractivity (Wildman–Crippen MR) is 246 cm³/mol. The van der Waals surface area contributed by atoms with Crippen molar-refractivity contribution in [1.82, 2.24) is 0 Å². The lowest BCUT2D eigenvalue weighted by Gasteiger charge is -2.39. The molecule has 1 aliphatic carbocycles. The van der Waals surface area contributed by atoms with Crippen molar-refractivity contribution >= 4 is 60.5 Å². The lowest BCUT2D eigenvalue weighted by atomic mass is 9.66. The minimum Gasteiger partial charge on any atom is -0.457 e. The van der Waals surface area contributed by atoms with E-state index in [0.29, 0.717) is 0 Å². The van der Waals surface area contributed by atoms with Gasteiger partial charge in [-0.25, -0.2) is 0 Å². The summed E-state index contributed by atoms with van der Waals surface area (Å²) in [6, 6.07) is 76.7. The third kappa shape index (κ3) is 4.54. The summed E-state index contributed by atoms with van der Waals surface area (Å²) in [4.78, 5) is 2.41. The Hall–Kier alpha value is -7.88. The highest BCUT2D eigenvalue weighted by molar-refractivity contribution is 6.18. The Morgan fingerprint density at radius 2 is 0.933 bits per heavy atom. The van der Waals surface area contributed by atoms with E-state index in [-0.39, 0.29) is 0 Å². The number of benzene rings is 10. The van der Waals surface area contributed by atoms with Crippen molar-refractivity contribution in [2.24, 2.45) is 0 Å². The van der Waals surface area contributed by atoms with E-state index in [1.165, 1.54) is 49.7 Å². The molecule has 10 aromatic carbocycles. The number of fused-ring (bicyclic) bond motifs is 15. The van der Waals surface area contributed by atoms with Gasteiger partial charge in [-0.05, 0) is 93.4 Å². The van der Waals surface area contributed by atoms with Crippen molar-refractivity contribution in [3.63, 3.8) is 0 Å². The van der Waals surface area contributed by atoms with Crippen molar-refractivity contribution < 1.29 is 9.15 Å². The number of ether oxygens (including phenoxy) is 1. The number of hydrogen-bond acceptors (Lipinski definition) is 3. The summed E-state index contributed by atoms with van der Waals surface area (Å²) in [5, 5.41) is 6.86. The van der Waals surface area contributed by atoms with E-state index in [9.17, 15) is 0 Å². The molecule has 3 nitrogen and oxygen atoms in total. The van der Waals surface area contributed by atoms with E-state index >= 15 is 0 Å². The summed E-state index contributed by atoms with van der Waals surface area (Å²) < 4.78 is 13.2. The Labute approximate surface area is 347 Å². The van der Waals surface area contributed by atoms with Gasteiger partial charge in [-0.15, -0.1) is 0 Å². The fraction of sp³-hybridized carbons (Fsp3) is 0.0175. The molecule has 2 heterocycles. The smallest absolute Gasteiger partial charge is 0.143 e. The van der Waals surface area contributed by atoms with Gasteiger partial charge in [0.1, 0.15) is 22.7 Å². The van der Waals surface area contributed by atoms with Crippen molar-refractivity contribution in [3.05, 3.63) is 235 Å². The third-order valence-corrected chi connectivity index (χ3v) is 12.9. The second-order valence-corrected chi connectivity index (χ2v) is 15.9. The molecule has 0 amide bonds. The molecule has 0 bridgehead atoms. The Bertz CT molecular complexity index is 3490. The summed E-state index contributed by atoms with van der Waals surface area (Å²) in [5.74, 6) is 1.80. The van der Waals surface area contributed by atoms with Gasteiger partial charge in [0, 0.05) is 43.7 Å². The number of furan rings is 1. The maximum Gasteiger partial charge on any atom is 0.143 e. The van der Waals surface area contributed by atoms with Crippen molar-refractivity contribution in [1.29, 1.82) is 0 Å². The lowest BCUT2D eigenvalue weighted by Crippen LogP contribution is -2.32. The molecule has 0 saturated carbocycles. The van der Waals surface area contributed by atoms with Crippen molar-refractivity contribution in [2.75, 3.05) is 4.90 Å². The quantitative estimate of drug-likeness (QED) is 0.178. The van der Waals surface area contributed by atoms with E-state index in [1.54, 1.807) is 0 Å². The van der Waals surface area contributed by atoms with Gasteiger partial charge in [0.05, 0.1) is 16.8 Å². The first-order valence-corrected chi connectivity index (χ1v) is 20.6. The highest BCUT2D eigenvalue weighted by atomic mass is 16.5. The van der Waals surface area contributed by atoms with Gasteiger partial charge in [-0.1, -0.05) is 158 Å². The molecule has 0 unspecified atom stereocenters. The van der Waals surface area contributed by atoms with E-state index in [1.807, 2.05) is 6.07 Å². The third-order valence-electron chi connectivity index (χ3n) is 12.9. The number of rotatable bonds is 4. The van der Waals surface area contributed by atoms with Crippen molar-refractivity contribution in [2.45, 2.75) is 5.41 Å². The highest BCUT2D eigenvalue weighted by Crippen LogP contribution is 2.62. The first-order valence-electron chi connectivity index (χ1n) is 20.6. The van der Waals surface area contributed by atoms with Crippen LogP contribution in [0, 0.1) is 0 Å². The molecule has 1 aliphatic heterocycles. The van der Waals surface area contributed by atoms with Crippen LogP contribution in [0.4, 0.5) is 17.1 Å². The van der Waals surface area contributed by atoms with Crippen LogP contribution in [-0.2, 0) is 5.41 Å². The van der Waals surface area contributed by atoms with Crippen molar-refractivity contribution in [3.8, 4) is 33.8 Å². The van der Waals surface area contributed by atoms with Crippen LogP contribution >= 0.6 is 0 Å². The second-order valence-electron chi connectivity index (χ2n) is 15.9. The molecule has 280 valence electrons. The molecular formula is C57H35NO2. The standard InChI is InChI=1S/C57H35NO2/c1-2-15-40-37(13-1)14-11-22-51(40)58(52-23-12-18-45-43(52)33-34-46-44-17-4-8-24-53(44)60-56(45)46)39-30-27-36(28-31-39)38-29-32-42-41-16-3-5-19-47(41)57(50(42)35-38)48-20-6-9-25-54(48)59-55-26-10-7-21-49(55)57/h1-35H. The highest BCUT2D eigenvalue weighted by Gasteiger charge is 2.51. The van der Waals surface area contributed by atoms with Gasteiger partial charge in [0.2, 0.25) is 0 Å². The average Bonchev–Trinajstić information content (AvgIpc) is 3.84. The van der Waals surface area contributed by atoms with Gasteiger partial charge >= 0.3 is 0 Å². The Morgan fingerprint density at radius 3 is 1.75 bits per heavy atom. The minimum atomic E-state index is -0.516. The van der Waals surface area contributed by atoms with Crippen LogP contribution in [0.3, 0.4) is 0 Å². The van der Waals surface area contributed by atoms with Gasteiger partial charge in [-0.2, -0.15) is 0 Å². The average molecular weight is 766 g/mol. The zero-order valence-corrected chi connectivity index (χ0v) is 32.5. The Kier molecular flexibility index (Phi) is 6.93. The summed E-state index contributed by atoms with van der Waals surface area (Å²) in [6.45, 7) is 0. The minimum absolute atomic E-state index is 0.516. The molecular weight excluding hydrogens is 731 g/mol. The van der Waals surface area contributed by atoms with E-state index < -0.39 is 5.41 Å². The van der Waals surface area contributed by atoms with E-state index in [2.05, 4.69) is 211 Å². The van der Waals surface area contributed by atoms with Crippen LogP contribution < -0.4 is 9.64 Å². The molecule has 1 spiro atoms. The Morgan fingerprint density at radius 1 is 0.367 bits per heavy atom. The zero-order chi connectivity index (χ0) is 39.4. The summed E-state index contributed by atoms with van der Waals surface area (Å²) in [5.41, 5.74) is 14.3. The number of para-hydroxylation sites is 3. The largest absolute Gasteiger partial charge is 0.457 e. The number of nitrogens with zero attached hydrogens (tertiary/aromatic N) is 1.